The van der Waals surface area contributed by atoms with Crippen molar-refractivity contribution in [3.8, 4) is 0 Å². The topological polar surface area (TPSA) is 84.5 Å². The second kappa shape index (κ2) is 6.74. The van der Waals surface area contributed by atoms with Crippen LogP contribution in [0.3, 0.4) is 0 Å². The fourth-order valence-corrected chi connectivity index (χ4v) is 3.98. The summed E-state index contributed by atoms with van der Waals surface area (Å²) >= 11 is 5.86. The Hall–Kier alpha value is -1.15. The minimum Gasteiger partial charge on any atom is -0.465 e. The van der Waals surface area contributed by atoms with Gasteiger partial charge in [-0.05, 0) is 44.1 Å². The molecule has 21 heavy (non-hydrogen) atoms. The van der Waals surface area contributed by atoms with Crippen LogP contribution in [0.4, 0.5) is 0 Å². The van der Waals surface area contributed by atoms with Gasteiger partial charge in [-0.3, -0.25) is 0 Å². The number of sulfonamides is 1. The van der Waals surface area contributed by atoms with Crippen LogP contribution >= 0.6 is 11.6 Å². The second-order valence-corrected chi connectivity index (χ2v) is 6.90. The third-order valence-electron chi connectivity index (χ3n) is 3.30. The smallest absolute Gasteiger partial charge is 0.339 e. The Bertz CT molecular complexity index is 627. The molecular weight excluding hydrogens is 316 g/mol. The first kappa shape index (κ1) is 16.2. The molecule has 1 fully saturated rings. The Balaban J connectivity index is 2.33. The number of hydrogen-bond donors (Lipinski definition) is 2. The van der Waals surface area contributed by atoms with E-state index in [0.717, 1.165) is 13.1 Å². The molecular formula is C13H17ClN2O4S. The summed E-state index contributed by atoms with van der Waals surface area (Å²) in [6, 6.07) is 3.92. The number of methoxy groups -OCH3 is 1. The van der Waals surface area contributed by atoms with E-state index in [2.05, 4.69) is 14.8 Å². The molecule has 1 aromatic carbocycles. The SMILES string of the molecule is COC(=O)c1ccc(Cl)cc1S(=O)(=O)NC1CCNCC1. The standard InChI is InChI=1S/C13H17ClN2O4S/c1-20-13(17)11-3-2-9(14)8-12(11)21(18,19)16-10-4-6-15-7-5-10/h2-3,8,10,15-16H,4-7H2,1H3. The third kappa shape index (κ3) is 3.94. The van der Waals surface area contributed by atoms with Gasteiger partial charge in [0.1, 0.15) is 0 Å². The number of rotatable bonds is 4. The summed E-state index contributed by atoms with van der Waals surface area (Å²) in [7, 11) is -2.63. The van der Waals surface area contributed by atoms with Crippen LogP contribution in [0.2, 0.25) is 5.02 Å². The molecule has 1 aromatic rings. The molecule has 0 aromatic heterocycles. The zero-order chi connectivity index (χ0) is 15.5. The number of hydrogen-bond acceptors (Lipinski definition) is 5. The largest absolute Gasteiger partial charge is 0.465 e. The Labute approximate surface area is 128 Å². The molecule has 0 atom stereocenters. The lowest BCUT2D eigenvalue weighted by Crippen LogP contribution is -2.42. The van der Waals surface area contributed by atoms with Gasteiger partial charge in [0, 0.05) is 11.1 Å². The fraction of sp³-hybridized carbons (Fsp3) is 0.462. The van der Waals surface area contributed by atoms with E-state index in [9.17, 15) is 13.2 Å². The van der Waals surface area contributed by atoms with Crippen LogP contribution in [0.5, 0.6) is 0 Å². The van der Waals surface area contributed by atoms with Crippen LogP contribution < -0.4 is 10.0 Å². The molecule has 1 heterocycles. The number of nitrogens with one attached hydrogen (secondary N) is 2. The maximum atomic E-state index is 12.5. The maximum Gasteiger partial charge on any atom is 0.339 e. The molecule has 0 spiro atoms. The average Bonchev–Trinajstić information content (AvgIpc) is 2.47. The number of benzene rings is 1. The molecule has 1 aliphatic rings. The van der Waals surface area contributed by atoms with Crippen molar-refractivity contribution < 1.29 is 17.9 Å². The zero-order valence-electron chi connectivity index (χ0n) is 11.6. The van der Waals surface area contributed by atoms with Crippen molar-refractivity contribution in [2.75, 3.05) is 20.2 Å². The predicted octanol–water partition coefficient (Wildman–Crippen LogP) is 1.16. The molecule has 0 saturated carbocycles. The number of piperidine rings is 1. The van der Waals surface area contributed by atoms with Crippen LogP contribution in [0.1, 0.15) is 23.2 Å². The summed E-state index contributed by atoms with van der Waals surface area (Å²) < 4.78 is 32.2. The molecule has 1 aliphatic heterocycles. The molecule has 8 heteroatoms. The summed E-state index contributed by atoms with van der Waals surface area (Å²) in [5, 5.41) is 3.40. The Morgan fingerprint density at radius 1 is 1.38 bits per heavy atom. The van der Waals surface area contributed by atoms with Crippen molar-refractivity contribution >= 4 is 27.6 Å². The molecule has 2 rings (SSSR count). The predicted molar refractivity (Wildman–Crippen MR) is 79.0 cm³/mol. The van der Waals surface area contributed by atoms with Gasteiger partial charge in [-0.15, -0.1) is 0 Å². The first-order valence-electron chi connectivity index (χ1n) is 6.55. The lowest BCUT2D eigenvalue weighted by molar-refractivity contribution is 0.0596. The van der Waals surface area contributed by atoms with Gasteiger partial charge in [0.05, 0.1) is 17.6 Å². The first-order chi connectivity index (χ1) is 9.94. The third-order valence-corrected chi connectivity index (χ3v) is 5.09. The van der Waals surface area contributed by atoms with Gasteiger partial charge in [0.2, 0.25) is 10.0 Å². The second-order valence-electron chi connectivity index (χ2n) is 4.78. The van der Waals surface area contributed by atoms with Crippen LogP contribution in [-0.2, 0) is 14.8 Å². The normalized spacial score (nSPS) is 16.7. The van der Waals surface area contributed by atoms with Crippen molar-refractivity contribution in [3.63, 3.8) is 0 Å². The van der Waals surface area contributed by atoms with E-state index in [1.54, 1.807) is 0 Å². The van der Waals surface area contributed by atoms with Crippen molar-refractivity contribution in [3.05, 3.63) is 28.8 Å². The first-order valence-corrected chi connectivity index (χ1v) is 8.41. The summed E-state index contributed by atoms with van der Waals surface area (Å²) in [5.74, 6) is -0.711. The highest BCUT2D eigenvalue weighted by Gasteiger charge is 2.26. The van der Waals surface area contributed by atoms with E-state index in [4.69, 9.17) is 11.6 Å². The van der Waals surface area contributed by atoms with Crippen molar-refractivity contribution in [1.29, 1.82) is 0 Å². The minimum atomic E-state index is -3.83. The molecule has 2 N–H and O–H groups in total. The van der Waals surface area contributed by atoms with Crippen molar-refractivity contribution in [2.45, 2.75) is 23.8 Å². The van der Waals surface area contributed by atoms with Gasteiger partial charge >= 0.3 is 5.97 Å². The lowest BCUT2D eigenvalue weighted by atomic mass is 10.1. The molecule has 116 valence electrons. The maximum absolute atomic E-state index is 12.5. The van der Waals surface area contributed by atoms with Gasteiger partial charge in [-0.1, -0.05) is 11.6 Å². The van der Waals surface area contributed by atoms with E-state index in [1.165, 1.54) is 25.3 Å². The molecule has 0 unspecified atom stereocenters. The number of esters is 1. The number of ether oxygens (including phenoxy) is 1. The highest BCUT2D eigenvalue weighted by molar-refractivity contribution is 7.89. The molecule has 0 radical (unpaired) electrons. The molecule has 0 amide bonds. The average molecular weight is 333 g/mol. The molecule has 1 saturated heterocycles. The monoisotopic (exact) mass is 332 g/mol. The summed E-state index contributed by atoms with van der Waals surface area (Å²) in [6.07, 6.45) is 1.40. The van der Waals surface area contributed by atoms with Gasteiger partial charge in [-0.25, -0.2) is 17.9 Å². The van der Waals surface area contributed by atoms with Crippen LogP contribution in [-0.4, -0.2) is 40.6 Å². The summed E-state index contributed by atoms with van der Waals surface area (Å²) in [5.41, 5.74) is -0.0247. The van der Waals surface area contributed by atoms with Gasteiger partial charge in [0.15, 0.2) is 0 Å². The fourth-order valence-electron chi connectivity index (χ4n) is 2.22. The summed E-state index contributed by atoms with van der Waals surface area (Å²) in [4.78, 5) is 11.6. The Morgan fingerprint density at radius 2 is 2.05 bits per heavy atom. The number of halogens is 1. The van der Waals surface area contributed by atoms with Crippen molar-refractivity contribution in [2.24, 2.45) is 0 Å². The number of carbonyl (C=O) groups is 1. The highest BCUT2D eigenvalue weighted by Crippen LogP contribution is 2.22. The minimum absolute atomic E-state index is 0.0247. The van der Waals surface area contributed by atoms with Gasteiger partial charge < -0.3 is 10.1 Å². The van der Waals surface area contributed by atoms with Gasteiger partial charge in [-0.2, -0.15) is 0 Å². The van der Waals surface area contributed by atoms with E-state index in [1.807, 2.05) is 0 Å². The van der Waals surface area contributed by atoms with E-state index < -0.39 is 16.0 Å². The van der Waals surface area contributed by atoms with Crippen LogP contribution in [0.15, 0.2) is 23.1 Å². The van der Waals surface area contributed by atoms with Crippen LogP contribution in [0.25, 0.3) is 0 Å². The lowest BCUT2D eigenvalue weighted by Gasteiger charge is -2.24. The van der Waals surface area contributed by atoms with Gasteiger partial charge in [0.25, 0.3) is 0 Å². The Kier molecular flexibility index (Phi) is 5.21. The summed E-state index contributed by atoms with van der Waals surface area (Å²) in [6.45, 7) is 1.51. The van der Waals surface area contributed by atoms with E-state index in [0.29, 0.717) is 12.8 Å². The quantitative estimate of drug-likeness (QED) is 0.808. The van der Waals surface area contributed by atoms with E-state index >= 15 is 0 Å². The van der Waals surface area contributed by atoms with Crippen LogP contribution in [0, 0.1) is 0 Å². The molecule has 6 nitrogen and oxygen atoms in total. The van der Waals surface area contributed by atoms with Crippen molar-refractivity contribution in [1.82, 2.24) is 10.0 Å². The zero-order valence-corrected chi connectivity index (χ0v) is 13.1. The molecule has 0 aliphatic carbocycles. The van der Waals surface area contributed by atoms with E-state index in [-0.39, 0.29) is 21.5 Å². The number of carbonyl (C=O) groups excluding carboxylic acids is 1. The molecule has 0 bridgehead atoms. The highest BCUT2D eigenvalue weighted by atomic mass is 35.5. The Morgan fingerprint density at radius 3 is 2.67 bits per heavy atom.